The number of phenols is 1. The molecule has 32 heavy (non-hydrogen) atoms. The number of hydrogen-bond acceptors (Lipinski definition) is 2. The van der Waals surface area contributed by atoms with E-state index in [0.29, 0.717) is 5.75 Å². The van der Waals surface area contributed by atoms with Crippen molar-refractivity contribution in [2.45, 2.75) is 132 Å². The number of rotatable bonds is 12. The molecule has 1 aromatic rings. The van der Waals surface area contributed by atoms with Crippen molar-refractivity contribution in [2.24, 2.45) is 17.8 Å². The van der Waals surface area contributed by atoms with Crippen LogP contribution in [0, 0.1) is 38.5 Å². The number of fused-ring (bicyclic) bond motifs is 1. The van der Waals surface area contributed by atoms with Gasteiger partial charge in [0.2, 0.25) is 0 Å². The average Bonchev–Trinajstić information content (AvgIpc) is 2.70. The fourth-order valence-electron chi connectivity index (χ4n) is 5.27. The van der Waals surface area contributed by atoms with Gasteiger partial charge in [0.05, 0.1) is 0 Å². The van der Waals surface area contributed by atoms with Crippen molar-refractivity contribution in [3.63, 3.8) is 0 Å². The van der Waals surface area contributed by atoms with E-state index < -0.39 is 0 Å². The van der Waals surface area contributed by atoms with Crippen molar-refractivity contribution in [3.8, 4) is 11.5 Å². The second-order valence-electron chi connectivity index (χ2n) is 11.4. The summed E-state index contributed by atoms with van der Waals surface area (Å²) in [5, 5.41) is 10.4. The summed E-state index contributed by atoms with van der Waals surface area (Å²) in [4.78, 5) is 0. The van der Waals surface area contributed by atoms with Crippen molar-refractivity contribution in [2.75, 3.05) is 0 Å². The van der Waals surface area contributed by atoms with Crippen molar-refractivity contribution in [1.82, 2.24) is 0 Å². The van der Waals surface area contributed by atoms with E-state index >= 15 is 0 Å². The van der Waals surface area contributed by atoms with E-state index in [1.807, 2.05) is 13.8 Å². The van der Waals surface area contributed by atoms with Gasteiger partial charge in [-0.05, 0) is 87.8 Å². The van der Waals surface area contributed by atoms with Gasteiger partial charge in [0.25, 0.3) is 0 Å². The van der Waals surface area contributed by atoms with Crippen LogP contribution >= 0.6 is 0 Å². The first-order valence-electron chi connectivity index (χ1n) is 13.0. The quantitative estimate of drug-likeness (QED) is 0.319. The zero-order chi connectivity index (χ0) is 23.2. The molecule has 0 saturated carbocycles. The SMILES string of the molecule is Cc1c(C)c2c(c(C)c1O)CC[C@@](C)(CCCC(C)CCCC(C)CCCC(C)C)O2.[H-].[H-].[Mg+2]. The molecule has 1 N–H and O–H groups in total. The van der Waals surface area contributed by atoms with E-state index in [4.69, 9.17) is 4.74 Å². The van der Waals surface area contributed by atoms with Gasteiger partial charge < -0.3 is 12.7 Å². The number of hydrogen-bond donors (Lipinski definition) is 1. The molecule has 3 heteroatoms. The molecule has 0 fully saturated rings. The molecule has 2 rings (SSSR count). The van der Waals surface area contributed by atoms with Gasteiger partial charge >= 0.3 is 23.1 Å². The van der Waals surface area contributed by atoms with Gasteiger partial charge in [-0.15, -0.1) is 0 Å². The van der Waals surface area contributed by atoms with E-state index in [2.05, 4.69) is 41.5 Å². The standard InChI is InChI=1S/C29H50O2.Mg.2H/c1-20(2)12-9-13-21(3)14-10-15-22(4)16-11-18-29(8)19-17-26-25(7)27(30)23(5)24(6)28(26)31-29;;;/h20-22,30H,9-19H2,1-8H3;;;/q;+2;2*-1/t21?,22?,29-;;;/m1.../s1. The number of aromatic hydroxyl groups is 1. The summed E-state index contributed by atoms with van der Waals surface area (Å²) in [5.41, 5.74) is 4.23. The first-order valence-corrected chi connectivity index (χ1v) is 13.0. The molecule has 1 aliphatic rings. The summed E-state index contributed by atoms with van der Waals surface area (Å²) >= 11 is 0. The smallest absolute Gasteiger partial charge is 1.00 e. The third-order valence-corrected chi connectivity index (χ3v) is 7.87. The molecule has 0 radical (unpaired) electrons. The Kier molecular flexibility index (Phi) is 12.5. The zero-order valence-electron chi connectivity index (χ0n) is 24.6. The Bertz CT molecular complexity index is 723. The third kappa shape index (κ3) is 8.42. The predicted molar refractivity (Wildman–Crippen MR) is 142 cm³/mol. The minimum atomic E-state index is -0.0712. The molecule has 182 valence electrons. The van der Waals surface area contributed by atoms with E-state index in [-0.39, 0.29) is 31.5 Å². The van der Waals surface area contributed by atoms with Crippen molar-refractivity contribution >= 4 is 23.1 Å². The first-order chi connectivity index (χ1) is 14.5. The van der Waals surface area contributed by atoms with Gasteiger partial charge in [-0.3, -0.25) is 0 Å². The zero-order valence-corrected chi connectivity index (χ0v) is 24.0. The van der Waals surface area contributed by atoms with Crippen molar-refractivity contribution < 1.29 is 12.7 Å². The Morgan fingerprint density at radius 1 is 0.844 bits per heavy atom. The second-order valence-corrected chi connectivity index (χ2v) is 11.4. The topological polar surface area (TPSA) is 29.5 Å². The van der Waals surface area contributed by atoms with Gasteiger partial charge in [-0.1, -0.05) is 72.6 Å². The van der Waals surface area contributed by atoms with Crippen LogP contribution in [0.3, 0.4) is 0 Å². The van der Waals surface area contributed by atoms with Gasteiger partial charge in [0.1, 0.15) is 17.1 Å². The summed E-state index contributed by atoms with van der Waals surface area (Å²) in [7, 11) is 0. The van der Waals surface area contributed by atoms with Crippen LogP contribution in [0.5, 0.6) is 11.5 Å². The molecular formula is C29H52MgO2. The Morgan fingerprint density at radius 3 is 1.94 bits per heavy atom. The fourth-order valence-corrected chi connectivity index (χ4v) is 5.27. The molecular weight excluding hydrogens is 405 g/mol. The van der Waals surface area contributed by atoms with Crippen LogP contribution in [0.1, 0.15) is 124 Å². The Hall–Kier alpha value is -0.414. The third-order valence-electron chi connectivity index (χ3n) is 7.87. The maximum absolute atomic E-state index is 10.4. The van der Waals surface area contributed by atoms with Crippen LogP contribution in [-0.2, 0) is 6.42 Å². The maximum atomic E-state index is 10.4. The van der Waals surface area contributed by atoms with E-state index in [1.165, 1.54) is 56.9 Å². The normalized spacial score (nSPS) is 19.8. The molecule has 0 amide bonds. The molecule has 1 aromatic carbocycles. The Morgan fingerprint density at radius 2 is 1.38 bits per heavy atom. The van der Waals surface area contributed by atoms with Crippen LogP contribution < -0.4 is 4.74 Å². The van der Waals surface area contributed by atoms with Gasteiger partial charge in [-0.2, -0.15) is 0 Å². The molecule has 3 atom stereocenters. The molecule has 2 unspecified atom stereocenters. The van der Waals surface area contributed by atoms with Crippen LogP contribution in [0.15, 0.2) is 0 Å². The predicted octanol–water partition coefficient (Wildman–Crippen LogP) is 8.68. The summed E-state index contributed by atoms with van der Waals surface area (Å²) < 4.78 is 6.60. The molecule has 1 aliphatic heterocycles. The molecule has 0 spiro atoms. The molecule has 1 heterocycles. The largest absolute Gasteiger partial charge is 2.00 e. The van der Waals surface area contributed by atoms with Crippen LogP contribution in [0.25, 0.3) is 0 Å². The minimum absolute atomic E-state index is 0. The number of benzene rings is 1. The van der Waals surface area contributed by atoms with Crippen molar-refractivity contribution in [3.05, 3.63) is 22.3 Å². The molecule has 0 saturated heterocycles. The van der Waals surface area contributed by atoms with E-state index in [0.717, 1.165) is 59.5 Å². The Balaban J connectivity index is 0. The fraction of sp³-hybridized carbons (Fsp3) is 0.793. The average molecular weight is 457 g/mol. The first kappa shape index (κ1) is 29.6. The molecule has 0 bridgehead atoms. The molecule has 2 nitrogen and oxygen atoms in total. The van der Waals surface area contributed by atoms with Crippen molar-refractivity contribution in [1.29, 1.82) is 0 Å². The second kappa shape index (κ2) is 13.5. The molecule has 0 aromatic heterocycles. The summed E-state index contributed by atoms with van der Waals surface area (Å²) in [6.45, 7) is 17.9. The van der Waals surface area contributed by atoms with Gasteiger partial charge in [0.15, 0.2) is 0 Å². The summed E-state index contributed by atoms with van der Waals surface area (Å²) in [6.07, 6.45) is 14.1. The van der Waals surface area contributed by atoms with Gasteiger partial charge in [0, 0.05) is 5.56 Å². The minimum Gasteiger partial charge on any atom is -1.00 e. The summed E-state index contributed by atoms with van der Waals surface area (Å²) in [5.74, 6) is 4.04. The van der Waals surface area contributed by atoms with Crippen LogP contribution in [-0.4, -0.2) is 33.8 Å². The Labute approximate surface area is 218 Å². The van der Waals surface area contributed by atoms with Crippen LogP contribution in [0.2, 0.25) is 0 Å². The van der Waals surface area contributed by atoms with E-state index in [1.54, 1.807) is 0 Å². The monoisotopic (exact) mass is 456 g/mol. The van der Waals surface area contributed by atoms with E-state index in [9.17, 15) is 5.11 Å². The van der Waals surface area contributed by atoms with Gasteiger partial charge in [-0.25, -0.2) is 0 Å². The number of ether oxygens (including phenoxy) is 1. The summed E-state index contributed by atoms with van der Waals surface area (Å²) in [6, 6.07) is 0. The van der Waals surface area contributed by atoms with Crippen LogP contribution in [0.4, 0.5) is 0 Å². The number of phenolic OH excluding ortho intramolecular Hbond substituents is 1. The molecule has 0 aliphatic carbocycles. The maximum Gasteiger partial charge on any atom is 2.00 e.